The van der Waals surface area contributed by atoms with E-state index in [0.29, 0.717) is 59.3 Å². The summed E-state index contributed by atoms with van der Waals surface area (Å²) in [5.74, 6) is -0.835. The first kappa shape index (κ1) is 55.1. The van der Waals surface area contributed by atoms with Gasteiger partial charge in [-0.15, -0.1) is 0 Å². The molecule has 0 radical (unpaired) electrons. The summed E-state index contributed by atoms with van der Waals surface area (Å²) < 4.78 is 18.8. The number of rotatable bonds is 14. The number of piperidine rings is 1. The number of hydrogen-bond acceptors (Lipinski definition) is 16. The molecule has 0 saturated carbocycles. The summed E-state index contributed by atoms with van der Waals surface area (Å²) in [7, 11) is -4.89. The summed E-state index contributed by atoms with van der Waals surface area (Å²) in [5, 5.41) is 17.2. The molecule has 4 aromatic heterocycles. The minimum Gasteiger partial charge on any atom is -0.392 e. The molecule has 6 aromatic rings. The Labute approximate surface area is 468 Å². The molecule has 0 spiro atoms. The Bertz CT molecular complexity index is 3620. The largest absolute Gasteiger partial charge is 0.470 e. The van der Waals surface area contributed by atoms with Crippen molar-refractivity contribution in [1.29, 1.82) is 0 Å². The van der Waals surface area contributed by atoms with E-state index < -0.39 is 31.8 Å². The number of piperazine rings is 1. The monoisotopic (exact) mass is 1120 g/mol. The van der Waals surface area contributed by atoms with Crippen LogP contribution in [0.25, 0.3) is 11.3 Å². The molecular weight excluding hydrogens is 1050 g/mol. The van der Waals surface area contributed by atoms with Gasteiger partial charge in [-0.2, -0.15) is 0 Å². The van der Waals surface area contributed by atoms with Crippen molar-refractivity contribution in [1.82, 2.24) is 29.4 Å². The zero-order valence-electron chi connectivity index (χ0n) is 46.1. The molecule has 2 saturated heterocycles. The van der Waals surface area contributed by atoms with Crippen molar-refractivity contribution in [3.8, 4) is 11.3 Å². The molecule has 23 heteroatoms. The van der Waals surface area contributed by atoms with E-state index in [-0.39, 0.29) is 69.5 Å². The van der Waals surface area contributed by atoms with Gasteiger partial charge in [0, 0.05) is 98.0 Å². The average molecular weight is 1120 g/mol. The lowest BCUT2D eigenvalue weighted by Gasteiger charge is -2.48. The van der Waals surface area contributed by atoms with Gasteiger partial charge in [-0.1, -0.05) is 20.4 Å². The Morgan fingerprint density at radius 2 is 1.65 bits per heavy atom. The predicted octanol–water partition coefficient (Wildman–Crippen LogP) is 7.18. The minimum atomic E-state index is -4.89. The number of hydrogen-bond donors (Lipinski definition) is 6. The van der Waals surface area contributed by atoms with Crippen LogP contribution in [0.4, 0.5) is 45.9 Å². The van der Waals surface area contributed by atoms with Gasteiger partial charge in [0.1, 0.15) is 17.1 Å². The molecule has 2 aromatic carbocycles. The van der Waals surface area contributed by atoms with Crippen LogP contribution in [0.2, 0.25) is 0 Å². The van der Waals surface area contributed by atoms with Crippen LogP contribution >= 0.6 is 7.82 Å². The maximum Gasteiger partial charge on any atom is 0.470 e. The van der Waals surface area contributed by atoms with Gasteiger partial charge in [0.25, 0.3) is 17.7 Å². The molecule has 2 fully saturated rings. The molecule has 5 aliphatic rings. The highest BCUT2D eigenvalue weighted by Crippen LogP contribution is 2.46. The number of phosphoric acid groups is 1. The SMILES string of the molecule is C=CC(=O)Nc1cc(Nc2nc(-c3ccnc(N4CCn5c(cc6c5CC(C)(C)C6)C4=O)c3CO)cnc2N)ccc1N1CCN(C2CCN(c3ccc4c(c3)C(=O)N(c3ccnc(C(C)(C)OP(=O)(O)O)c3)C4=O)[C@@H](C)C2)C[C@@H]1C. The highest BCUT2D eigenvalue weighted by atomic mass is 31.2. The van der Waals surface area contributed by atoms with E-state index in [4.69, 9.17) is 15.2 Å². The predicted molar refractivity (Wildman–Crippen MR) is 308 cm³/mol. The van der Waals surface area contributed by atoms with E-state index >= 15 is 0 Å². The van der Waals surface area contributed by atoms with Gasteiger partial charge < -0.3 is 45.6 Å². The third kappa shape index (κ3) is 10.5. The van der Waals surface area contributed by atoms with Crippen LogP contribution in [0.1, 0.15) is 108 Å². The summed E-state index contributed by atoms with van der Waals surface area (Å²) in [4.78, 5) is 102. The Morgan fingerprint density at radius 1 is 0.877 bits per heavy atom. The van der Waals surface area contributed by atoms with Gasteiger partial charge in [0.05, 0.1) is 52.4 Å². The second-order valence-electron chi connectivity index (χ2n) is 22.9. The number of aliphatic hydroxyl groups excluding tert-OH is 1. The van der Waals surface area contributed by atoms with E-state index in [1.165, 1.54) is 55.7 Å². The van der Waals surface area contributed by atoms with Gasteiger partial charge in [0.2, 0.25) is 5.91 Å². The number of fused-ring (bicyclic) bond motifs is 4. The normalized spacial score (nSPS) is 20.1. The molecule has 4 amide bonds. The smallest absolute Gasteiger partial charge is 0.392 e. The minimum absolute atomic E-state index is 0.0534. The number of aliphatic hydroxyl groups is 1. The number of carbonyl (C=O) groups is 4. The van der Waals surface area contributed by atoms with Gasteiger partial charge in [-0.25, -0.2) is 24.4 Å². The van der Waals surface area contributed by atoms with Crippen LogP contribution in [0, 0.1) is 5.41 Å². The van der Waals surface area contributed by atoms with E-state index in [2.05, 4.69) is 79.1 Å². The fourth-order valence-electron chi connectivity index (χ4n) is 12.5. The molecule has 4 aliphatic heterocycles. The first-order valence-corrected chi connectivity index (χ1v) is 28.7. The van der Waals surface area contributed by atoms with E-state index in [1.807, 2.05) is 30.3 Å². The maximum atomic E-state index is 14.1. The molecule has 0 bridgehead atoms. The molecule has 7 N–H and O–H groups in total. The third-order valence-corrected chi connectivity index (χ3v) is 17.0. The number of phosphoric ester groups is 1. The van der Waals surface area contributed by atoms with Crippen molar-refractivity contribution in [2.45, 2.75) is 104 Å². The maximum absolute atomic E-state index is 14.1. The third-order valence-electron chi connectivity index (χ3n) is 16.4. The fourth-order valence-corrected chi connectivity index (χ4v) is 13.2. The average Bonchev–Trinajstić information content (AvgIpc) is 4.25. The summed E-state index contributed by atoms with van der Waals surface area (Å²) in [6.07, 6.45) is 9.27. The zero-order chi connectivity index (χ0) is 57.4. The summed E-state index contributed by atoms with van der Waals surface area (Å²) in [5.41, 5.74) is 13.2. The summed E-state index contributed by atoms with van der Waals surface area (Å²) in [6, 6.07) is 18.1. The highest BCUT2D eigenvalue weighted by molar-refractivity contribution is 7.46. The lowest BCUT2D eigenvalue weighted by molar-refractivity contribution is -0.111. The summed E-state index contributed by atoms with van der Waals surface area (Å²) >= 11 is 0. The molecule has 3 atom stereocenters. The van der Waals surface area contributed by atoms with Crippen molar-refractivity contribution in [2.24, 2.45) is 5.41 Å². The molecular formula is C58H66N13O9P. The quantitative estimate of drug-likeness (QED) is 0.0358. The number of amides is 4. The first-order chi connectivity index (χ1) is 38.5. The fraction of sp³-hybridized carbons (Fsp3) is 0.379. The number of nitrogens with one attached hydrogen (secondary N) is 2. The Morgan fingerprint density at radius 3 is 2.40 bits per heavy atom. The van der Waals surface area contributed by atoms with E-state index in [0.717, 1.165) is 61.6 Å². The van der Waals surface area contributed by atoms with Gasteiger partial charge in [-0.05, 0) is 131 Å². The second kappa shape index (κ2) is 20.9. The number of pyridine rings is 2. The van der Waals surface area contributed by atoms with Gasteiger partial charge in [0.15, 0.2) is 11.6 Å². The number of imide groups is 1. The number of nitrogen functional groups attached to an aromatic ring is 1. The molecule has 11 rings (SSSR count). The van der Waals surface area contributed by atoms with Crippen LogP contribution in [-0.2, 0) is 45.5 Å². The lowest BCUT2D eigenvalue weighted by atomic mass is 9.90. The topological polar surface area (TPSA) is 278 Å². The van der Waals surface area contributed by atoms with Gasteiger partial charge >= 0.3 is 7.82 Å². The molecule has 81 heavy (non-hydrogen) atoms. The van der Waals surface area contributed by atoms with Crippen LogP contribution in [-0.4, -0.2) is 119 Å². The Kier molecular flexibility index (Phi) is 14.2. The number of nitrogens with zero attached hydrogens (tertiary/aromatic N) is 10. The number of benzene rings is 2. The second-order valence-corrected chi connectivity index (χ2v) is 24.1. The van der Waals surface area contributed by atoms with Crippen LogP contribution in [0.3, 0.4) is 0 Å². The van der Waals surface area contributed by atoms with Crippen LogP contribution in [0.5, 0.6) is 0 Å². The van der Waals surface area contributed by atoms with Crippen molar-refractivity contribution < 1.29 is 43.2 Å². The summed E-state index contributed by atoms with van der Waals surface area (Å²) in [6.45, 7) is 19.0. The number of aromatic nitrogens is 5. The molecule has 22 nitrogen and oxygen atoms in total. The van der Waals surface area contributed by atoms with E-state index in [9.17, 15) is 38.6 Å². The first-order valence-electron chi connectivity index (χ1n) is 27.1. The number of nitrogens with two attached hydrogens (primary N) is 1. The van der Waals surface area contributed by atoms with Gasteiger partial charge in [-0.3, -0.25) is 38.5 Å². The van der Waals surface area contributed by atoms with Crippen molar-refractivity contribution in [3.63, 3.8) is 0 Å². The highest BCUT2D eigenvalue weighted by Gasteiger charge is 2.42. The molecule has 422 valence electrons. The van der Waals surface area contributed by atoms with Crippen LogP contribution in [0.15, 0.2) is 91.9 Å². The van der Waals surface area contributed by atoms with Crippen molar-refractivity contribution in [3.05, 3.63) is 131 Å². The Hall–Kier alpha value is -7.85. The van der Waals surface area contributed by atoms with E-state index in [1.54, 1.807) is 29.3 Å². The van der Waals surface area contributed by atoms with Crippen molar-refractivity contribution >= 4 is 77.3 Å². The zero-order valence-corrected chi connectivity index (χ0v) is 47.0. The number of carbonyl (C=O) groups excluding carboxylic acids is 4. The Balaban J connectivity index is 0.754. The lowest BCUT2D eigenvalue weighted by Crippen LogP contribution is -2.58. The number of anilines is 8. The molecule has 1 unspecified atom stereocenters. The van der Waals surface area contributed by atoms with Crippen molar-refractivity contribution in [2.75, 3.05) is 68.7 Å². The standard InChI is InChI=1S/C58H66N13O9P/c1-8-50(73)64-44-25-36(63-52-51(59)62-30-45(65-52)40-14-17-61-53(43(40)32-72)70-22-21-69-47(56(70)76)24-35-28-57(4,5)29-48(35)69)9-12-46(44)68-20-19-66(31-34(68)3)37-15-18-67(33(2)23-37)38-10-11-41-42(26-38)55(75)71(54(41)74)39-13-16-60-49(27-39)58(6,7)80-81(77,78)79/h8-14,16-17,24-27,30,33-34,37,72H,1,15,18-23,28-29,31-32H2,2-7H3,(H2,59,62)(H,63,65)(H,64,73)(H2,77,78,79)/t33-,34-,37?/m0/s1. The van der Waals surface area contributed by atoms with Crippen LogP contribution < -0.4 is 36.0 Å². The molecule has 1 aliphatic carbocycles. The molecule has 8 heterocycles.